The number of benzene rings is 1. The van der Waals surface area contributed by atoms with Gasteiger partial charge in [-0.1, -0.05) is 50.1 Å². The molecule has 0 aliphatic heterocycles. The molecular weight excluding hydrogens is 296 g/mol. The summed E-state index contributed by atoms with van der Waals surface area (Å²) in [6, 6.07) is 9.83. The number of urea groups is 1. The quantitative estimate of drug-likeness (QED) is 0.875. The van der Waals surface area contributed by atoms with E-state index in [2.05, 4.69) is 17.6 Å². The molecule has 2 N–H and O–H groups in total. The number of carbonyl (C=O) groups excluding carboxylic acids is 2. The van der Waals surface area contributed by atoms with Crippen LogP contribution in [0, 0.1) is 5.92 Å². The van der Waals surface area contributed by atoms with E-state index in [1.165, 1.54) is 23.7 Å². The van der Waals surface area contributed by atoms with Gasteiger partial charge in [-0.05, 0) is 24.3 Å². The summed E-state index contributed by atoms with van der Waals surface area (Å²) < 4.78 is 0. The molecule has 22 heavy (non-hydrogen) atoms. The molecule has 0 radical (unpaired) electrons. The van der Waals surface area contributed by atoms with Crippen LogP contribution in [0.3, 0.4) is 0 Å². The summed E-state index contributed by atoms with van der Waals surface area (Å²) in [5, 5.41) is 5.35. The molecule has 0 bridgehead atoms. The van der Waals surface area contributed by atoms with Crippen molar-refractivity contribution in [2.45, 2.75) is 44.4 Å². The number of nitrogens with one attached hydrogen (secondary N) is 2. The molecule has 2 rings (SSSR count). The molecule has 0 aromatic heterocycles. The second-order valence-corrected chi connectivity index (χ2v) is 6.85. The molecule has 0 heterocycles. The fraction of sp³-hybridized carbons (Fsp3) is 0.529. The molecule has 0 saturated heterocycles. The molecular formula is C17H24N2O2S. The number of carbonyl (C=O) groups is 2. The van der Waals surface area contributed by atoms with Gasteiger partial charge in [0.15, 0.2) is 0 Å². The van der Waals surface area contributed by atoms with Crippen molar-refractivity contribution in [1.29, 1.82) is 0 Å². The smallest absolute Gasteiger partial charge is 0.321 e. The normalized spacial score (nSPS) is 21.1. The minimum Gasteiger partial charge on any atom is -0.335 e. The number of imide groups is 1. The van der Waals surface area contributed by atoms with Gasteiger partial charge in [0.25, 0.3) is 0 Å². The maximum atomic E-state index is 11.8. The summed E-state index contributed by atoms with van der Waals surface area (Å²) in [7, 11) is 0. The minimum absolute atomic E-state index is 0.193. The summed E-state index contributed by atoms with van der Waals surface area (Å²) >= 11 is 1.51. The van der Waals surface area contributed by atoms with Crippen LogP contribution in [0.4, 0.5) is 4.79 Å². The molecule has 5 heteroatoms. The zero-order valence-corrected chi connectivity index (χ0v) is 13.8. The van der Waals surface area contributed by atoms with Gasteiger partial charge in [-0.3, -0.25) is 10.1 Å². The van der Waals surface area contributed by atoms with Gasteiger partial charge < -0.3 is 5.32 Å². The summed E-state index contributed by atoms with van der Waals surface area (Å²) in [5.74, 6) is 1.32. The molecule has 1 saturated carbocycles. The molecule has 3 amide bonds. The molecule has 1 aliphatic rings. The summed E-state index contributed by atoms with van der Waals surface area (Å²) in [4.78, 5) is 23.6. The van der Waals surface area contributed by atoms with Crippen molar-refractivity contribution < 1.29 is 9.59 Å². The van der Waals surface area contributed by atoms with Gasteiger partial charge in [-0.25, -0.2) is 4.79 Å². The summed E-state index contributed by atoms with van der Waals surface area (Å²) in [6.45, 7) is 2.15. The topological polar surface area (TPSA) is 58.2 Å². The number of amides is 3. The zero-order valence-electron chi connectivity index (χ0n) is 13.0. The highest BCUT2D eigenvalue weighted by Crippen LogP contribution is 2.23. The summed E-state index contributed by atoms with van der Waals surface area (Å²) in [6.07, 6.45) is 4.53. The molecule has 120 valence electrons. The predicted molar refractivity (Wildman–Crippen MR) is 90.7 cm³/mol. The van der Waals surface area contributed by atoms with Crippen molar-refractivity contribution in [1.82, 2.24) is 10.6 Å². The molecule has 1 aliphatic carbocycles. The van der Waals surface area contributed by atoms with E-state index in [4.69, 9.17) is 0 Å². The van der Waals surface area contributed by atoms with E-state index in [1.807, 2.05) is 30.3 Å². The average molecular weight is 320 g/mol. The number of rotatable bonds is 5. The molecule has 4 nitrogen and oxygen atoms in total. The van der Waals surface area contributed by atoms with Crippen LogP contribution in [0.2, 0.25) is 0 Å². The fourth-order valence-corrected chi connectivity index (χ4v) is 3.52. The van der Waals surface area contributed by atoms with Crippen molar-refractivity contribution >= 4 is 23.7 Å². The third kappa shape index (κ3) is 5.72. The van der Waals surface area contributed by atoms with Crippen LogP contribution in [0.15, 0.2) is 30.3 Å². The molecule has 2 unspecified atom stereocenters. The Balaban J connectivity index is 1.64. The second-order valence-electron chi connectivity index (χ2n) is 5.87. The lowest BCUT2D eigenvalue weighted by Crippen LogP contribution is -2.48. The Morgan fingerprint density at radius 3 is 2.64 bits per heavy atom. The van der Waals surface area contributed by atoms with Crippen LogP contribution in [-0.4, -0.2) is 23.7 Å². The van der Waals surface area contributed by atoms with Crippen molar-refractivity contribution in [3.05, 3.63) is 35.9 Å². The number of thioether (sulfide) groups is 1. The monoisotopic (exact) mass is 320 g/mol. The third-order valence-corrected chi connectivity index (χ3v) is 5.03. The highest BCUT2D eigenvalue weighted by atomic mass is 32.2. The highest BCUT2D eigenvalue weighted by Gasteiger charge is 2.23. The Bertz CT molecular complexity index is 493. The highest BCUT2D eigenvalue weighted by molar-refractivity contribution is 7.99. The van der Waals surface area contributed by atoms with Crippen LogP contribution < -0.4 is 10.6 Å². The van der Waals surface area contributed by atoms with Crippen LogP contribution >= 0.6 is 11.8 Å². The Morgan fingerprint density at radius 1 is 1.18 bits per heavy atom. The van der Waals surface area contributed by atoms with E-state index < -0.39 is 0 Å². The molecule has 1 fully saturated rings. The van der Waals surface area contributed by atoms with Crippen molar-refractivity contribution in [3.63, 3.8) is 0 Å². The van der Waals surface area contributed by atoms with Crippen LogP contribution in [0.25, 0.3) is 0 Å². The van der Waals surface area contributed by atoms with Crippen LogP contribution in [0.1, 0.15) is 38.2 Å². The SMILES string of the molecule is CC1CCCCC1NC(=O)NC(=O)CSCc1ccccc1. The fourth-order valence-electron chi connectivity index (χ4n) is 2.73. The van der Waals surface area contributed by atoms with Crippen LogP contribution in [0.5, 0.6) is 0 Å². The van der Waals surface area contributed by atoms with E-state index >= 15 is 0 Å². The van der Waals surface area contributed by atoms with Gasteiger partial charge in [-0.15, -0.1) is 11.8 Å². The van der Waals surface area contributed by atoms with Gasteiger partial charge in [-0.2, -0.15) is 0 Å². The van der Waals surface area contributed by atoms with E-state index in [1.54, 1.807) is 0 Å². The van der Waals surface area contributed by atoms with Gasteiger partial charge in [0.05, 0.1) is 5.75 Å². The van der Waals surface area contributed by atoms with Gasteiger partial charge in [0, 0.05) is 11.8 Å². The maximum Gasteiger partial charge on any atom is 0.321 e. The Morgan fingerprint density at radius 2 is 1.91 bits per heavy atom. The Labute approximate surface area is 136 Å². The standard InChI is InChI=1S/C17H24N2O2S/c1-13-7-5-6-10-15(13)18-17(21)19-16(20)12-22-11-14-8-3-2-4-9-14/h2-4,8-9,13,15H,5-7,10-12H2,1H3,(H2,18,19,20,21). The molecule has 1 aromatic rings. The van der Waals surface area contributed by atoms with E-state index in [-0.39, 0.29) is 18.0 Å². The van der Waals surface area contributed by atoms with Crippen LogP contribution in [-0.2, 0) is 10.5 Å². The van der Waals surface area contributed by atoms with Crippen molar-refractivity contribution in [2.24, 2.45) is 5.92 Å². The molecule has 1 aromatic carbocycles. The number of hydrogen-bond donors (Lipinski definition) is 2. The predicted octanol–water partition coefficient (Wildman–Crippen LogP) is 3.32. The molecule has 2 atom stereocenters. The first-order valence-electron chi connectivity index (χ1n) is 7.87. The van der Waals surface area contributed by atoms with E-state index in [0.29, 0.717) is 11.7 Å². The lowest BCUT2D eigenvalue weighted by molar-refractivity contribution is -0.117. The lowest BCUT2D eigenvalue weighted by atomic mass is 9.86. The largest absolute Gasteiger partial charge is 0.335 e. The number of hydrogen-bond acceptors (Lipinski definition) is 3. The van der Waals surface area contributed by atoms with Gasteiger partial charge >= 0.3 is 6.03 Å². The minimum atomic E-state index is -0.357. The lowest BCUT2D eigenvalue weighted by Gasteiger charge is -2.29. The van der Waals surface area contributed by atoms with Crippen molar-refractivity contribution in [3.8, 4) is 0 Å². The van der Waals surface area contributed by atoms with E-state index in [9.17, 15) is 9.59 Å². The molecule has 0 spiro atoms. The summed E-state index contributed by atoms with van der Waals surface area (Å²) in [5.41, 5.74) is 1.18. The Kier molecular flexibility index (Phi) is 6.77. The van der Waals surface area contributed by atoms with Gasteiger partial charge in [0.1, 0.15) is 0 Å². The Hall–Kier alpha value is -1.49. The maximum absolute atomic E-state index is 11.8. The third-order valence-electron chi connectivity index (χ3n) is 4.03. The second kappa shape index (κ2) is 8.83. The first-order valence-corrected chi connectivity index (χ1v) is 9.02. The van der Waals surface area contributed by atoms with Gasteiger partial charge in [0.2, 0.25) is 5.91 Å². The van der Waals surface area contributed by atoms with Crippen molar-refractivity contribution in [2.75, 3.05) is 5.75 Å². The first kappa shape index (κ1) is 16.9. The zero-order chi connectivity index (χ0) is 15.8. The van der Waals surface area contributed by atoms with E-state index in [0.717, 1.165) is 25.0 Å². The first-order chi connectivity index (χ1) is 10.6. The average Bonchev–Trinajstić information content (AvgIpc) is 2.50.